The van der Waals surface area contributed by atoms with E-state index < -0.39 is 10.0 Å². The molecule has 0 aliphatic rings. The minimum Gasteiger partial charge on any atom is -0.344 e. The van der Waals surface area contributed by atoms with Crippen LogP contribution >= 0.6 is 0 Å². The lowest BCUT2D eigenvalue weighted by Gasteiger charge is -2.14. The smallest absolute Gasteiger partial charge is 0.208 e. The standard InChI is InChI=1S/C24H28N8O2S/c1-17(7-6-10-28-35(4,33)34)29-24-22(21-13-27-32(3)16-21)14-25-23(30-24)19-9-5-8-18(11-19)20-12-26-31(2)15-20/h5,8-9,11-16,28H,1,6-7,10H2,2-4H3,(H,25,29,30). The van der Waals surface area contributed by atoms with Crippen molar-refractivity contribution in [1.82, 2.24) is 34.3 Å². The molecule has 11 heteroatoms. The van der Waals surface area contributed by atoms with Gasteiger partial charge >= 0.3 is 0 Å². The zero-order valence-corrected chi connectivity index (χ0v) is 20.7. The Morgan fingerprint density at radius 1 is 1.00 bits per heavy atom. The summed E-state index contributed by atoms with van der Waals surface area (Å²) in [5.74, 6) is 1.17. The van der Waals surface area contributed by atoms with Crippen LogP contribution in [0.3, 0.4) is 0 Å². The summed E-state index contributed by atoms with van der Waals surface area (Å²) in [4.78, 5) is 9.45. The summed E-state index contributed by atoms with van der Waals surface area (Å²) >= 11 is 0. The molecule has 0 amide bonds. The second kappa shape index (κ2) is 10.2. The van der Waals surface area contributed by atoms with Gasteiger partial charge in [-0.05, 0) is 24.5 Å². The first kappa shape index (κ1) is 24.3. The van der Waals surface area contributed by atoms with Gasteiger partial charge < -0.3 is 5.32 Å². The molecule has 182 valence electrons. The van der Waals surface area contributed by atoms with Crippen molar-refractivity contribution in [2.75, 3.05) is 18.1 Å². The predicted molar refractivity (Wildman–Crippen MR) is 137 cm³/mol. The summed E-state index contributed by atoms with van der Waals surface area (Å²) in [7, 11) is 0.520. The summed E-state index contributed by atoms with van der Waals surface area (Å²) in [6, 6.07) is 7.99. The van der Waals surface area contributed by atoms with Crippen LogP contribution in [-0.2, 0) is 24.1 Å². The van der Waals surface area contributed by atoms with Gasteiger partial charge in [0.2, 0.25) is 10.0 Å². The van der Waals surface area contributed by atoms with Crippen LogP contribution < -0.4 is 10.0 Å². The first-order valence-corrected chi connectivity index (χ1v) is 12.9. The fraction of sp³-hybridized carbons (Fsp3) is 0.250. The number of allylic oxidation sites excluding steroid dienone is 1. The zero-order chi connectivity index (χ0) is 25.0. The second-order valence-corrected chi connectivity index (χ2v) is 10.2. The van der Waals surface area contributed by atoms with E-state index in [2.05, 4.69) is 31.8 Å². The molecule has 0 spiro atoms. The van der Waals surface area contributed by atoms with Gasteiger partial charge in [-0.2, -0.15) is 10.2 Å². The fourth-order valence-corrected chi connectivity index (χ4v) is 4.10. The van der Waals surface area contributed by atoms with Gasteiger partial charge in [0.1, 0.15) is 5.82 Å². The minimum atomic E-state index is -3.22. The van der Waals surface area contributed by atoms with Crippen molar-refractivity contribution in [3.8, 4) is 33.6 Å². The molecule has 0 radical (unpaired) electrons. The van der Waals surface area contributed by atoms with Gasteiger partial charge in [0.15, 0.2) is 5.82 Å². The average Bonchev–Trinajstić information content (AvgIpc) is 3.44. The molecule has 3 aromatic heterocycles. The highest BCUT2D eigenvalue weighted by Crippen LogP contribution is 2.30. The number of nitrogens with one attached hydrogen (secondary N) is 2. The Balaban J connectivity index is 1.61. The van der Waals surface area contributed by atoms with Gasteiger partial charge in [-0.3, -0.25) is 9.36 Å². The number of sulfonamides is 1. The number of aromatic nitrogens is 6. The fourth-order valence-electron chi connectivity index (χ4n) is 3.59. The topological polar surface area (TPSA) is 120 Å². The molecule has 0 saturated heterocycles. The molecule has 4 rings (SSSR count). The maximum Gasteiger partial charge on any atom is 0.208 e. The molecular formula is C24H28N8O2S. The Kier molecular flexibility index (Phi) is 7.08. The number of anilines is 1. The Hall–Kier alpha value is -3.83. The van der Waals surface area contributed by atoms with Crippen molar-refractivity contribution in [2.45, 2.75) is 12.8 Å². The van der Waals surface area contributed by atoms with Crippen molar-refractivity contribution in [2.24, 2.45) is 14.1 Å². The molecule has 0 fully saturated rings. The molecule has 3 heterocycles. The van der Waals surface area contributed by atoms with Crippen LogP contribution in [0.1, 0.15) is 12.8 Å². The van der Waals surface area contributed by atoms with Gasteiger partial charge in [-0.25, -0.2) is 23.1 Å². The van der Waals surface area contributed by atoms with Crippen molar-refractivity contribution in [1.29, 1.82) is 0 Å². The Morgan fingerprint density at radius 2 is 1.69 bits per heavy atom. The normalized spacial score (nSPS) is 11.5. The predicted octanol–water partition coefficient (Wildman–Crippen LogP) is 3.20. The Bertz CT molecular complexity index is 1460. The van der Waals surface area contributed by atoms with E-state index in [1.54, 1.807) is 21.8 Å². The molecule has 1 aromatic carbocycles. The van der Waals surface area contributed by atoms with E-state index in [9.17, 15) is 8.42 Å². The Labute approximate surface area is 204 Å². The third kappa shape index (κ3) is 6.40. The van der Waals surface area contributed by atoms with E-state index in [-0.39, 0.29) is 0 Å². The number of hydrogen-bond acceptors (Lipinski definition) is 7. The summed E-state index contributed by atoms with van der Waals surface area (Å²) in [5.41, 5.74) is 5.29. The number of benzene rings is 1. The molecule has 0 atom stereocenters. The van der Waals surface area contributed by atoms with Gasteiger partial charge in [-0.15, -0.1) is 0 Å². The average molecular weight is 493 g/mol. The van der Waals surface area contributed by atoms with Gasteiger partial charge in [0.05, 0.1) is 18.6 Å². The first-order valence-electron chi connectivity index (χ1n) is 11.0. The minimum absolute atomic E-state index is 0.338. The summed E-state index contributed by atoms with van der Waals surface area (Å²) in [6.45, 7) is 4.44. The molecule has 2 N–H and O–H groups in total. The largest absolute Gasteiger partial charge is 0.344 e. The van der Waals surface area contributed by atoms with Crippen LogP contribution in [-0.4, -0.2) is 50.7 Å². The highest BCUT2D eigenvalue weighted by Gasteiger charge is 2.14. The van der Waals surface area contributed by atoms with Crippen LogP contribution in [0.2, 0.25) is 0 Å². The molecule has 0 unspecified atom stereocenters. The number of aryl methyl sites for hydroxylation is 2. The quantitative estimate of drug-likeness (QED) is 0.326. The van der Waals surface area contributed by atoms with E-state index in [4.69, 9.17) is 4.98 Å². The molecule has 35 heavy (non-hydrogen) atoms. The molecule has 0 aliphatic heterocycles. The highest BCUT2D eigenvalue weighted by molar-refractivity contribution is 7.88. The highest BCUT2D eigenvalue weighted by atomic mass is 32.2. The third-order valence-electron chi connectivity index (χ3n) is 5.28. The molecule has 0 aliphatic carbocycles. The van der Waals surface area contributed by atoms with Crippen LogP contribution in [0.5, 0.6) is 0 Å². The summed E-state index contributed by atoms with van der Waals surface area (Å²) < 4.78 is 28.5. The Morgan fingerprint density at radius 3 is 2.34 bits per heavy atom. The monoisotopic (exact) mass is 492 g/mol. The van der Waals surface area contributed by atoms with Crippen LogP contribution in [0.25, 0.3) is 33.6 Å². The van der Waals surface area contributed by atoms with Gasteiger partial charge in [0, 0.05) is 67.2 Å². The van der Waals surface area contributed by atoms with Crippen LogP contribution in [0.15, 0.2) is 67.5 Å². The number of rotatable bonds is 10. The van der Waals surface area contributed by atoms with Crippen LogP contribution in [0.4, 0.5) is 5.82 Å². The third-order valence-corrected chi connectivity index (χ3v) is 6.01. The number of hydrogen-bond donors (Lipinski definition) is 2. The van der Waals surface area contributed by atoms with E-state index in [1.165, 1.54) is 0 Å². The molecule has 10 nitrogen and oxygen atoms in total. The summed E-state index contributed by atoms with van der Waals surface area (Å²) in [5, 5.41) is 11.8. The maximum absolute atomic E-state index is 11.3. The maximum atomic E-state index is 11.3. The van der Waals surface area contributed by atoms with Crippen molar-refractivity contribution in [3.63, 3.8) is 0 Å². The zero-order valence-electron chi connectivity index (χ0n) is 19.9. The van der Waals surface area contributed by atoms with E-state index >= 15 is 0 Å². The van der Waals surface area contributed by atoms with Crippen molar-refractivity contribution < 1.29 is 8.42 Å². The van der Waals surface area contributed by atoms with E-state index in [0.717, 1.165) is 39.8 Å². The lowest BCUT2D eigenvalue weighted by molar-refractivity contribution is 0.585. The van der Waals surface area contributed by atoms with Crippen molar-refractivity contribution >= 4 is 15.8 Å². The lowest BCUT2D eigenvalue weighted by atomic mass is 10.1. The van der Waals surface area contributed by atoms with Crippen LogP contribution in [0, 0.1) is 0 Å². The second-order valence-electron chi connectivity index (χ2n) is 8.34. The molecule has 0 bridgehead atoms. The number of nitrogens with zero attached hydrogens (tertiary/aromatic N) is 6. The SMILES string of the molecule is C=C(CCCNS(C)(=O)=O)Nc1nc(-c2cccc(-c3cnn(C)c3)c2)ncc1-c1cnn(C)c1. The van der Waals surface area contributed by atoms with E-state index in [0.29, 0.717) is 31.0 Å². The van der Waals surface area contributed by atoms with Gasteiger partial charge in [0.25, 0.3) is 0 Å². The summed E-state index contributed by atoms with van der Waals surface area (Å²) in [6.07, 6.45) is 11.5. The lowest BCUT2D eigenvalue weighted by Crippen LogP contribution is -2.23. The molecule has 4 aromatic rings. The van der Waals surface area contributed by atoms with E-state index in [1.807, 2.05) is 57.0 Å². The molecule has 0 saturated carbocycles. The van der Waals surface area contributed by atoms with Crippen molar-refractivity contribution in [3.05, 3.63) is 67.5 Å². The first-order chi connectivity index (χ1) is 16.7. The molecular weight excluding hydrogens is 464 g/mol. The van der Waals surface area contributed by atoms with Gasteiger partial charge in [-0.1, -0.05) is 24.8 Å².